The summed E-state index contributed by atoms with van der Waals surface area (Å²) < 4.78 is 11.1. The highest BCUT2D eigenvalue weighted by Crippen LogP contribution is 2.35. The van der Waals surface area contributed by atoms with Crippen molar-refractivity contribution in [3.05, 3.63) is 53.6 Å². The van der Waals surface area contributed by atoms with Crippen LogP contribution in [0.25, 0.3) is 0 Å². The van der Waals surface area contributed by atoms with Crippen molar-refractivity contribution in [2.75, 3.05) is 18.6 Å². The summed E-state index contributed by atoms with van der Waals surface area (Å²) >= 11 is 0. The number of nitrogens with one attached hydrogen (secondary N) is 1. The first kappa shape index (κ1) is 18.1. The molecule has 2 atom stereocenters. The van der Waals surface area contributed by atoms with Gasteiger partial charge in [0.05, 0.1) is 25.7 Å². The highest BCUT2D eigenvalue weighted by Gasteiger charge is 2.45. The normalized spacial score (nSPS) is 20.8. The number of carbonyl (C=O) groups is 2. The van der Waals surface area contributed by atoms with Crippen LogP contribution in [0.15, 0.2) is 42.5 Å². The van der Waals surface area contributed by atoms with Crippen molar-refractivity contribution in [1.29, 1.82) is 0 Å². The van der Waals surface area contributed by atoms with Crippen molar-refractivity contribution >= 4 is 17.6 Å². The average molecular weight is 383 g/mol. The maximum absolute atomic E-state index is 13.2. The maximum atomic E-state index is 13.2. The van der Waals surface area contributed by atoms with E-state index < -0.39 is 5.91 Å². The van der Waals surface area contributed by atoms with Crippen LogP contribution in [0.3, 0.4) is 0 Å². The molecule has 0 radical (unpaired) electrons. The molecule has 2 aliphatic rings. The minimum atomic E-state index is -0.605. The van der Waals surface area contributed by atoms with Gasteiger partial charge in [-0.3, -0.25) is 14.9 Å². The van der Waals surface area contributed by atoms with Crippen LogP contribution in [0.2, 0.25) is 0 Å². The molecule has 2 aromatic rings. The third kappa shape index (κ3) is 2.91. The van der Waals surface area contributed by atoms with Gasteiger partial charge in [0.15, 0.2) is 0 Å². The summed E-state index contributed by atoms with van der Waals surface area (Å²) in [5, 5.41) is 8.81. The van der Waals surface area contributed by atoms with E-state index >= 15 is 0 Å². The van der Waals surface area contributed by atoms with Crippen LogP contribution in [0, 0.1) is 0 Å². The van der Waals surface area contributed by atoms with Crippen LogP contribution in [0.5, 0.6) is 11.5 Å². The Labute approximate surface area is 162 Å². The number of ether oxygens (including phenoxy) is 2. The maximum Gasteiger partial charge on any atom is 0.325 e. The van der Waals surface area contributed by atoms with E-state index in [-0.39, 0.29) is 18.1 Å². The van der Waals surface area contributed by atoms with Gasteiger partial charge in [0, 0.05) is 16.8 Å². The van der Waals surface area contributed by atoms with Crippen LogP contribution in [-0.4, -0.2) is 47.8 Å². The van der Waals surface area contributed by atoms with E-state index in [0.29, 0.717) is 24.5 Å². The molecule has 28 heavy (non-hydrogen) atoms. The number of rotatable bonds is 3. The first-order valence-corrected chi connectivity index (χ1v) is 8.97. The minimum Gasteiger partial charge on any atom is -0.497 e. The van der Waals surface area contributed by atoms with E-state index in [1.54, 1.807) is 40.6 Å². The Morgan fingerprint density at radius 1 is 1.25 bits per heavy atom. The minimum absolute atomic E-state index is 0.0868. The summed E-state index contributed by atoms with van der Waals surface area (Å²) in [6, 6.07) is 12.0. The van der Waals surface area contributed by atoms with Crippen molar-refractivity contribution in [3.63, 3.8) is 0 Å². The Balaban J connectivity index is 1.62. The van der Waals surface area contributed by atoms with E-state index in [0.717, 1.165) is 17.0 Å². The second kappa shape index (κ2) is 7.05. The van der Waals surface area contributed by atoms with Crippen LogP contribution < -0.4 is 19.9 Å². The molecule has 2 aromatic carbocycles. The number of hydrogen-bond donors (Lipinski definition) is 2. The smallest absolute Gasteiger partial charge is 0.325 e. The molecule has 2 N–H and O–H groups in total. The van der Waals surface area contributed by atoms with Gasteiger partial charge in [-0.05, 0) is 43.3 Å². The zero-order chi connectivity index (χ0) is 19.8. The number of carbonyl (C=O) groups excluding carboxylic acids is 2. The van der Waals surface area contributed by atoms with Crippen LogP contribution >= 0.6 is 0 Å². The molecule has 2 aliphatic heterocycles. The standard InChI is InChI=1S/C20H21N3O5/c1-12-17-11-28-18-9-13(19(24)21-26)3-4-14(18)10-22(17)20(25)23(12)15-5-7-16(27-2)8-6-15/h3-9,12,17,26H,10-11H2,1-2H3,(H,21,24)/t12?,17-/m1/s1. The Morgan fingerprint density at radius 3 is 2.68 bits per heavy atom. The largest absolute Gasteiger partial charge is 0.497 e. The monoisotopic (exact) mass is 383 g/mol. The van der Waals surface area contributed by atoms with Crippen LogP contribution in [-0.2, 0) is 6.54 Å². The van der Waals surface area contributed by atoms with Gasteiger partial charge in [0.1, 0.15) is 18.1 Å². The van der Waals surface area contributed by atoms with Crippen molar-refractivity contribution < 1.29 is 24.3 Å². The van der Waals surface area contributed by atoms with E-state index in [1.807, 2.05) is 31.2 Å². The van der Waals surface area contributed by atoms with Gasteiger partial charge in [0.2, 0.25) is 0 Å². The predicted octanol–water partition coefficient (Wildman–Crippen LogP) is 2.41. The first-order chi connectivity index (χ1) is 13.5. The fourth-order valence-electron chi connectivity index (χ4n) is 3.77. The molecule has 0 saturated carbocycles. The number of hydrogen-bond acceptors (Lipinski definition) is 5. The number of methoxy groups -OCH3 is 1. The molecule has 8 nitrogen and oxygen atoms in total. The molecule has 0 aromatic heterocycles. The van der Waals surface area contributed by atoms with Gasteiger partial charge >= 0.3 is 6.03 Å². The lowest BCUT2D eigenvalue weighted by atomic mass is 10.1. The summed E-state index contributed by atoms with van der Waals surface area (Å²) in [6.07, 6.45) is 0. The van der Waals surface area contributed by atoms with Crippen LogP contribution in [0.4, 0.5) is 10.5 Å². The Kier molecular flexibility index (Phi) is 4.56. The number of amides is 3. The van der Waals surface area contributed by atoms with E-state index in [1.165, 1.54) is 0 Å². The predicted molar refractivity (Wildman–Crippen MR) is 101 cm³/mol. The van der Waals surface area contributed by atoms with Crippen molar-refractivity contribution in [1.82, 2.24) is 10.4 Å². The molecular weight excluding hydrogens is 362 g/mol. The van der Waals surface area contributed by atoms with Gasteiger partial charge in [-0.15, -0.1) is 0 Å². The van der Waals surface area contributed by atoms with E-state index in [4.69, 9.17) is 14.7 Å². The third-order valence-corrected chi connectivity index (χ3v) is 5.35. The second-order valence-electron chi connectivity index (χ2n) is 6.86. The van der Waals surface area contributed by atoms with E-state index in [2.05, 4.69) is 0 Å². The zero-order valence-corrected chi connectivity index (χ0v) is 15.6. The number of fused-ring (bicyclic) bond motifs is 2. The molecule has 1 fully saturated rings. The Bertz CT molecular complexity index is 915. The first-order valence-electron chi connectivity index (χ1n) is 8.97. The number of anilines is 1. The molecule has 3 amide bonds. The molecule has 146 valence electrons. The molecule has 0 bridgehead atoms. The van der Waals surface area contributed by atoms with Crippen molar-refractivity contribution in [2.24, 2.45) is 0 Å². The molecule has 4 rings (SSSR count). The Morgan fingerprint density at radius 2 is 2.00 bits per heavy atom. The lowest BCUT2D eigenvalue weighted by Crippen LogP contribution is -2.38. The molecule has 1 saturated heterocycles. The average Bonchev–Trinajstić information content (AvgIpc) is 2.87. The number of hydroxylamine groups is 1. The van der Waals surface area contributed by atoms with Crippen LogP contribution in [0.1, 0.15) is 22.8 Å². The fraction of sp³-hybridized carbons (Fsp3) is 0.300. The topological polar surface area (TPSA) is 91.3 Å². The lowest BCUT2D eigenvalue weighted by molar-refractivity contribution is 0.0706. The molecule has 0 aliphatic carbocycles. The quantitative estimate of drug-likeness (QED) is 0.627. The summed E-state index contributed by atoms with van der Waals surface area (Å²) in [4.78, 5) is 28.4. The van der Waals surface area contributed by atoms with Crippen molar-refractivity contribution in [3.8, 4) is 11.5 Å². The number of nitrogens with zero attached hydrogens (tertiary/aromatic N) is 2. The molecule has 0 spiro atoms. The summed E-state index contributed by atoms with van der Waals surface area (Å²) in [5.74, 6) is 0.676. The van der Waals surface area contributed by atoms with E-state index in [9.17, 15) is 9.59 Å². The summed E-state index contributed by atoms with van der Waals surface area (Å²) in [6.45, 7) is 2.70. The number of benzene rings is 2. The lowest BCUT2D eigenvalue weighted by Gasteiger charge is -2.23. The summed E-state index contributed by atoms with van der Waals surface area (Å²) in [5.41, 5.74) is 3.53. The van der Waals surface area contributed by atoms with Gasteiger partial charge in [-0.25, -0.2) is 10.3 Å². The van der Waals surface area contributed by atoms with Gasteiger partial charge in [-0.2, -0.15) is 0 Å². The second-order valence-corrected chi connectivity index (χ2v) is 6.86. The molecule has 1 unspecified atom stereocenters. The molecule has 2 heterocycles. The highest BCUT2D eigenvalue weighted by atomic mass is 16.5. The Hall–Kier alpha value is -3.26. The van der Waals surface area contributed by atoms with Gasteiger partial charge < -0.3 is 14.4 Å². The van der Waals surface area contributed by atoms with Gasteiger partial charge in [-0.1, -0.05) is 6.07 Å². The number of urea groups is 1. The summed E-state index contributed by atoms with van der Waals surface area (Å²) in [7, 11) is 1.60. The zero-order valence-electron chi connectivity index (χ0n) is 15.6. The van der Waals surface area contributed by atoms with Gasteiger partial charge in [0.25, 0.3) is 5.91 Å². The van der Waals surface area contributed by atoms with Crippen molar-refractivity contribution in [2.45, 2.75) is 25.6 Å². The fourth-order valence-corrected chi connectivity index (χ4v) is 3.77. The highest BCUT2D eigenvalue weighted by molar-refractivity contribution is 5.96. The third-order valence-electron chi connectivity index (χ3n) is 5.35. The SMILES string of the molecule is COc1ccc(N2C(=O)N3Cc4ccc(C(=O)NO)cc4OC[C@@H]3C2C)cc1. The molecule has 8 heteroatoms. The molecular formula is C20H21N3O5.